The van der Waals surface area contributed by atoms with Gasteiger partial charge in [-0.3, -0.25) is 4.79 Å². The number of nitrogens with one attached hydrogen (secondary N) is 1. The van der Waals surface area contributed by atoms with Crippen molar-refractivity contribution < 1.29 is 4.79 Å². The summed E-state index contributed by atoms with van der Waals surface area (Å²) in [4.78, 5) is 19.7. The minimum absolute atomic E-state index is 0.248. The van der Waals surface area contributed by atoms with Gasteiger partial charge in [-0.15, -0.1) is 0 Å². The van der Waals surface area contributed by atoms with E-state index in [0.717, 1.165) is 41.9 Å². The largest absolute Gasteiger partial charge is 0.370 e. The van der Waals surface area contributed by atoms with Crippen molar-refractivity contribution in [2.24, 2.45) is 5.73 Å². The van der Waals surface area contributed by atoms with Crippen molar-refractivity contribution in [2.45, 2.75) is 26.2 Å². The van der Waals surface area contributed by atoms with E-state index >= 15 is 0 Å². The van der Waals surface area contributed by atoms with Gasteiger partial charge >= 0.3 is 0 Å². The number of hydrogen-bond acceptors (Lipinski definition) is 4. The molecule has 5 nitrogen and oxygen atoms in total. The smallest absolute Gasteiger partial charge is 0.217 e. The Morgan fingerprint density at radius 3 is 2.58 bits per heavy atom. The number of nitrogens with two attached hydrogens (primary N) is 1. The van der Waals surface area contributed by atoms with Crippen LogP contribution in [0.2, 0.25) is 0 Å². The molecule has 5 heteroatoms. The van der Waals surface area contributed by atoms with Crippen LogP contribution in [0.1, 0.15) is 25.0 Å². The summed E-state index contributed by atoms with van der Waals surface area (Å²) in [6, 6.07) is 7.79. The van der Waals surface area contributed by atoms with E-state index < -0.39 is 0 Å². The molecule has 0 radical (unpaired) electrons. The third-order valence-corrected chi connectivity index (χ3v) is 2.89. The van der Waals surface area contributed by atoms with Gasteiger partial charge in [0.2, 0.25) is 5.91 Å². The fourth-order valence-electron chi connectivity index (χ4n) is 1.89. The molecule has 2 rings (SSSR count). The molecule has 0 aliphatic heterocycles. The zero-order chi connectivity index (χ0) is 13.7. The maximum Gasteiger partial charge on any atom is 0.217 e. The van der Waals surface area contributed by atoms with E-state index in [4.69, 9.17) is 5.73 Å². The molecule has 0 unspecified atom stereocenters. The first-order valence-corrected chi connectivity index (χ1v) is 6.42. The molecule has 0 atom stereocenters. The number of para-hydroxylation sites is 2. The Bertz CT molecular complexity index is 583. The number of fused-ring (bicyclic) bond motifs is 1. The third-order valence-electron chi connectivity index (χ3n) is 2.89. The van der Waals surface area contributed by atoms with Crippen LogP contribution in [0.25, 0.3) is 11.0 Å². The highest BCUT2D eigenvalue weighted by atomic mass is 16.1. The molecule has 0 bridgehead atoms. The second-order valence-electron chi connectivity index (χ2n) is 4.50. The number of carbonyl (C=O) groups is 1. The minimum atomic E-state index is -0.248. The molecule has 19 heavy (non-hydrogen) atoms. The SMILES string of the molecule is Cc1nc2ccccc2nc1NCCCCC(N)=O. The van der Waals surface area contributed by atoms with Gasteiger partial charge in [-0.05, 0) is 31.9 Å². The normalized spacial score (nSPS) is 10.6. The lowest BCUT2D eigenvalue weighted by atomic mass is 10.2. The van der Waals surface area contributed by atoms with Crippen molar-refractivity contribution in [1.29, 1.82) is 0 Å². The molecule has 2 aromatic rings. The Balaban J connectivity index is 1.96. The maximum atomic E-state index is 10.6. The Morgan fingerprint density at radius 2 is 1.89 bits per heavy atom. The highest BCUT2D eigenvalue weighted by molar-refractivity contribution is 5.76. The Morgan fingerprint density at radius 1 is 1.21 bits per heavy atom. The first-order chi connectivity index (χ1) is 9.16. The number of unbranched alkanes of at least 4 members (excludes halogenated alkanes) is 1. The monoisotopic (exact) mass is 258 g/mol. The zero-order valence-corrected chi connectivity index (χ0v) is 11.0. The molecule has 0 saturated carbocycles. The number of nitrogens with zero attached hydrogens (tertiary/aromatic N) is 2. The molecule has 1 amide bonds. The predicted molar refractivity (Wildman–Crippen MR) is 75.8 cm³/mol. The van der Waals surface area contributed by atoms with Gasteiger partial charge in [-0.2, -0.15) is 0 Å². The summed E-state index contributed by atoms with van der Waals surface area (Å²) in [7, 11) is 0. The Labute approximate surface area is 112 Å². The van der Waals surface area contributed by atoms with E-state index in [-0.39, 0.29) is 5.91 Å². The van der Waals surface area contributed by atoms with Crippen molar-refractivity contribution in [3.8, 4) is 0 Å². The fraction of sp³-hybridized carbons (Fsp3) is 0.357. The highest BCUT2D eigenvalue weighted by Crippen LogP contribution is 2.15. The number of primary amides is 1. The number of benzene rings is 1. The van der Waals surface area contributed by atoms with Crippen LogP contribution < -0.4 is 11.1 Å². The van der Waals surface area contributed by atoms with Gasteiger partial charge in [0.25, 0.3) is 0 Å². The van der Waals surface area contributed by atoms with Crippen LogP contribution in [0.5, 0.6) is 0 Å². The second-order valence-corrected chi connectivity index (χ2v) is 4.50. The standard InChI is InChI=1S/C14H18N4O/c1-10-14(16-9-5-4-8-13(15)19)18-12-7-3-2-6-11(12)17-10/h2-3,6-7H,4-5,8-9H2,1H3,(H2,15,19)(H,16,18). The van der Waals surface area contributed by atoms with E-state index in [0.29, 0.717) is 6.42 Å². The van der Waals surface area contributed by atoms with Crippen molar-refractivity contribution in [3.05, 3.63) is 30.0 Å². The van der Waals surface area contributed by atoms with Gasteiger partial charge in [0.1, 0.15) is 5.82 Å². The molecular weight excluding hydrogens is 240 g/mol. The van der Waals surface area contributed by atoms with Crippen LogP contribution in [-0.2, 0) is 4.79 Å². The first kappa shape index (κ1) is 13.3. The van der Waals surface area contributed by atoms with Crippen molar-refractivity contribution in [2.75, 3.05) is 11.9 Å². The lowest BCUT2D eigenvalue weighted by Crippen LogP contribution is -2.11. The Hall–Kier alpha value is -2.17. The number of aromatic nitrogens is 2. The summed E-state index contributed by atoms with van der Waals surface area (Å²) >= 11 is 0. The molecule has 0 saturated heterocycles. The van der Waals surface area contributed by atoms with Crippen LogP contribution in [0, 0.1) is 6.92 Å². The van der Waals surface area contributed by atoms with Crippen molar-refractivity contribution in [3.63, 3.8) is 0 Å². The van der Waals surface area contributed by atoms with E-state index in [1.165, 1.54) is 0 Å². The number of anilines is 1. The van der Waals surface area contributed by atoms with Crippen molar-refractivity contribution >= 4 is 22.8 Å². The van der Waals surface area contributed by atoms with Gasteiger partial charge in [0.05, 0.1) is 16.7 Å². The van der Waals surface area contributed by atoms with Gasteiger partial charge in [0, 0.05) is 13.0 Å². The van der Waals surface area contributed by atoms with E-state index in [2.05, 4.69) is 15.3 Å². The predicted octanol–water partition coefficient (Wildman–Crippen LogP) is 2.01. The average molecular weight is 258 g/mol. The van der Waals surface area contributed by atoms with Gasteiger partial charge in [0.15, 0.2) is 0 Å². The van der Waals surface area contributed by atoms with E-state index in [1.807, 2.05) is 31.2 Å². The molecule has 1 aromatic carbocycles. The quantitative estimate of drug-likeness (QED) is 0.776. The first-order valence-electron chi connectivity index (χ1n) is 6.42. The summed E-state index contributed by atoms with van der Waals surface area (Å²) in [5.74, 6) is 0.555. The number of rotatable bonds is 6. The van der Waals surface area contributed by atoms with Crippen LogP contribution in [-0.4, -0.2) is 22.4 Å². The van der Waals surface area contributed by atoms with Gasteiger partial charge < -0.3 is 11.1 Å². The molecular formula is C14H18N4O. The molecule has 0 fully saturated rings. The lowest BCUT2D eigenvalue weighted by Gasteiger charge is -2.08. The topological polar surface area (TPSA) is 80.9 Å². The number of amides is 1. The lowest BCUT2D eigenvalue weighted by molar-refractivity contribution is -0.118. The Kier molecular flexibility index (Phi) is 4.28. The number of hydrogen-bond donors (Lipinski definition) is 2. The summed E-state index contributed by atoms with van der Waals surface area (Å²) in [5, 5.41) is 3.25. The molecule has 1 heterocycles. The zero-order valence-electron chi connectivity index (χ0n) is 11.0. The summed E-state index contributed by atoms with van der Waals surface area (Å²) < 4.78 is 0. The van der Waals surface area contributed by atoms with Gasteiger partial charge in [-0.1, -0.05) is 12.1 Å². The molecule has 1 aromatic heterocycles. The number of carbonyl (C=O) groups excluding carboxylic acids is 1. The molecule has 3 N–H and O–H groups in total. The second kappa shape index (κ2) is 6.13. The van der Waals surface area contributed by atoms with Crippen LogP contribution in [0.4, 0.5) is 5.82 Å². The van der Waals surface area contributed by atoms with Crippen LogP contribution in [0.15, 0.2) is 24.3 Å². The highest BCUT2D eigenvalue weighted by Gasteiger charge is 2.04. The van der Waals surface area contributed by atoms with Gasteiger partial charge in [-0.25, -0.2) is 9.97 Å². The van der Waals surface area contributed by atoms with Crippen LogP contribution in [0.3, 0.4) is 0 Å². The summed E-state index contributed by atoms with van der Waals surface area (Å²) in [6.07, 6.45) is 2.11. The molecule has 100 valence electrons. The summed E-state index contributed by atoms with van der Waals surface area (Å²) in [5.41, 5.74) is 7.76. The minimum Gasteiger partial charge on any atom is -0.370 e. The average Bonchev–Trinajstić information content (AvgIpc) is 2.38. The van der Waals surface area contributed by atoms with E-state index in [9.17, 15) is 4.79 Å². The summed E-state index contributed by atoms with van der Waals surface area (Å²) in [6.45, 7) is 2.70. The van der Waals surface area contributed by atoms with E-state index in [1.54, 1.807) is 0 Å². The molecule has 0 aliphatic rings. The third kappa shape index (κ3) is 3.64. The number of aryl methyl sites for hydroxylation is 1. The molecule has 0 aliphatic carbocycles. The van der Waals surface area contributed by atoms with Crippen molar-refractivity contribution in [1.82, 2.24) is 9.97 Å². The maximum absolute atomic E-state index is 10.6. The fourth-order valence-corrected chi connectivity index (χ4v) is 1.89. The van der Waals surface area contributed by atoms with Crippen LogP contribution >= 0.6 is 0 Å². The molecule has 0 spiro atoms.